The Bertz CT molecular complexity index is 554. The molecule has 1 saturated carbocycles. The number of aromatic nitrogens is 1. The summed E-state index contributed by atoms with van der Waals surface area (Å²) in [5.41, 5.74) is 1.54. The van der Waals surface area contributed by atoms with Gasteiger partial charge in [-0.3, -0.25) is 0 Å². The number of carboxylic acid groups (broad SMARTS) is 1. The molecular weight excluding hydrogens is 206 g/mol. The normalized spacial score (nSPS) is 15.5. The first-order chi connectivity index (χ1) is 7.72. The predicted octanol–water partition coefficient (Wildman–Crippen LogP) is 2.48. The molecule has 0 bridgehead atoms. The quantitative estimate of drug-likeness (QED) is 0.857. The van der Waals surface area contributed by atoms with E-state index in [1.807, 2.05) is 0 Å². The van der Waals surface area contributed by atoms with Gasteiger partial charge >= 0.3 is 5.97 Å². The maximum Gasteiger partial charge on any atom is 0.335 e. The van der Waals surface area contributed by atoms with E-state index in [9.17, 15) is 4.79 Å². The summed E-state index contributed by atoms with van der Waals surface area (Å²) in [6.07, 6.45) is 3.37. The van der Waals surface area contributed by atoms with Crippen LogP contribution in [0.2, 0.25) is 0 Å². The molecule has 1 aliphatic rings. The van der Waals surface area contributed by atoms with Crippen LogP contribution >= 0.6 is 0 Å². The van der Waals surface area contributed by atoms with Gasteiger partial charge < -0.3 is 9.52 Å². The summed E-state index contributed by atoms with van der Waals surface area (Å²) in [5.74, 6) is 0.495. The molecular formula is C12H11NO3. The number of benzene rings is 1. The Morgan fingerprint density at radius 2 is 2.31 bits per heavy atom. The Balaban J connectivity index is 1.99. The van der Waals surface area contributed by atoms with Crippen LogP contribution in [0.15, 0.2) is 22.6 Å². The third kappa shape index (κ3) is 1.66. The van der Waals surface area contributed by atoms with Crippen LogP contribution in [0.4, 0.5) is 0 Å². The first-order valence-electron chi connectivity index (χ1n) is 5.35. The van der Waals surface area contributed by atoms with Gasteiger partial charge in [0, 0.05) is 6.42 Å². The smallest absolute Gasteiger partial charge is 0.335 e. The van der Waals surface area contributed by atoms with Crippen molar-refractivity contribution in [2.45, 2.75) is 19.3 Å². The number of fused-ring (bicyclic) bond motifs is 1. The van der Waals surface area contributed by atoms with Gasteiger partial charge in [-0.15, -0.1) is 0 Å². The fourth-order valence-electron chi connectivity index (χ4n) is 1.76. The van der Waals surface area contributed by atoms with Gasteiger partial charge in [-0.2, -0.15) is 0 Å². The predicted molar refractivity (Wildman–Crippen MR) is 57.4 cm³/mol. The highest BCUT2D eigenvalue weighted by Crippen LogP contribution is 2.33. The summed E-state index contributed by atoms with van der Waals surface area (Å²) in [6.45, 7) is 0. The molecule has 4 nitrogen and oxygen atoms in total. The summed E-state index contributed by atoms with van der Waals surface area (Å²) >= 11 is 0. The second-order valence-electron chi connectivity index (χ2n) is 4.24. The maximum atomic E-state index is 10.8. The summed E-state index contributed by atoms with van der Waals surface area (Å²) < 4.78 is 5.54. The fraction of sp³-hybridized carbons (Fsp3) is 0.333. The average Bonchev–Trinajstić information content (AvgIpc) is 2.96. The lowest BCUT2D eigenvalue weighted by Gasteiger charge is -1.91. The standard InChI is InChI=1S/C12H11NO3/c14-12(15)8-3-4-9-10(6-8)16-11(13-9)5-7-1-2-7/h3-4,6-7H,1-2,5H2,(H,14,15). The topological polar surface area (TPSA) is 63.3 Å². The van der Waals surface area contributed by atoms with Crippen LogP contribution in [-0.4, -0.2) is 16.1 Å². The van der Waals surface area contributed by atoms with Gasteiger partial charge in [0.15, 0.2) is 11.5 Å². The molecule has 0 spiro atoms. The van der Waals surface area contributed by atoms with Crippen molar-refractivity contribution in [3.8, 4) is 0 Å². The van der Waals surface area contributed by atoms with E-state index in [1.54, 1.807) is 12.1 Å². The van der Waals surface area contributed by atoms with Gasteiger partial charge in [0.05, 0.1) is 5.56 Å². The van der Waals surface area contributed by atoms with E-state index in [0.29, 0.717) is 11.5 Å². The van der Waals surface area contributed by atoms with Crippen LogP contribution in [0.3, 0.4) is 0 Å². The number of carboxylic acids is 1. The van der Waals surface area contributed by atoms with E-state index in [1.165, 1.54) is 18.9 Å². The van der Waals surface area contributed by atoms with E-state index in [-0.39, 0.29) is 5.56 Å². The van der Waals surface area contributed by atoms with Crippen molar-refractivity contribution in [2.75, 3.05) is 0 Å². The van der Waals surface area contributed by atoms with Crippen molar-refractivity contribution >= 4 is 17.1 Å². The molecule has 0 saturated heterocycles. The average molecular weight is 217 g/mol. The van der Waals surface area contributed by atoms with Crippen LogP contribution < -0.4 is 0 Å². The summed E-state index contributed by atoms with van der Waals surface area (Å²) in [7, 11) is 0. The van der Waals surface area contributed by atoms with Gasteiger partial charge in [0.25, 0.3) is 0 Å². The fourth-order valence-corrected chi connectivity index (χ4v) is 1.76. The molecule has 0 amide bonds. The molecule has 1 aromatic carbocycles. The lowest BCUT2D eigenvalue weighted by atomic mass is 10.2. The molecule has 4 heteroatoms. The minimum absolute atomic E-state index is 0.238. The molecule has 2 aromatic rings. The molecule has 16 heavy (non-hydrogen) atoms. The molecule has 3 rings (SSSR count). The third-order valence-corrected chi connectivity index (χ3v) is 2.84. The zero-order chi connectivity index (χ0) is 11.1. The third-order valence-electron chi connectivity index (χ3n) is 2.84. The largest absolute Gasteiger partial charge is 0.478 e. The van der Waals surface area contributed by atoms with Crippen molar-refractivity contribution < 1.29 is 14.3 Å². The van der Waals surface area contributed by atoms with Crippen LogP contribution in [0.5, 0.6) is 0 Å². The number of hydrogen-bond acceptors (Lipinski definition) is 3. The monoisotopic (exact) mass is 217 g/mol. The number of carbonyl (C=O) groups is 1. The molecule has 0 unspecified atom stereocenters. The van der Waals surface area contributed by atoms with Crippen LogP contribution in [0.1, 0.15) is 29.1 Å². The molecule has 1 fully saturated rings. The zero-order valence-electron chi connectivity index (χ0n) is 8.64. The van der Waals surface area contributed by atoms with Gasteiger partial charge in [-0.25, -0.2) is 9.78 Å². The Morgan fingerprint density at radius 3 is 3.00 bits per heavy atom. The van der Waals surface area contributed by atoms with E-state index in [0.717, 1.165) is 17.8 Å². The SMILES string of the molecule is O=C(O)c1ccc2nc(CC3CC3)oc2c1. The maximum absolute atomic E-state index is 10.8. The zero-order valence-corrected chi connectivity index (χ0v) is 8.64. The number of oxazole rings is 1. The van der Waals surface area contributed by atoms with Crippen LogP contribution in [-0.2, 0) is 6.42 Å². The van der Waals surface area contributed by atoms with Crippen molar-refractivity contribution in [1.82, 2.24) is 4.98 Å². The van der Waals surface area contributed by atoms with Crippen LogP contribution in [0, 0.1) is 5.92 Å². The van der Waals surface area contributed by atoms with Crippen molar-refractivity contribution in [3.63, 3.8) is 0 Å². The molecule has 1 aromatic heterocycles. The van der Waals surface area contributed by atoms with E-state index in [2.05, 4.69) is 4.98 Å². The molecule has 0 radical (unpaired) electrons. The van der Waals surface area contributed by atoms with E-state index in [4.69, 9.17) is 9.52 Å². The van der Waals surface area contributed by atoms with Crippen LogP contribution in [0.25, 0.3) is 11.1 Å². The highest BCUT2D eigenvalue weighted by molar-refractivity contribution is 5.91. The second-order valence-corrected chi connectivity index (χ2v) is 4.24. The Labute approximate surface area is 91.9 Å². The minimum atomic E-state index is -0.943. The number of rotatable bonds is 3. The van der Waals surface area contributed by atoms with E-state index >= 15 is 0 Å². The summed E-state index contributed by atoms with van der Waals surface area (Å²) in [6, 6.07) is 4.77. The second kappa shape index (κ2) is 3.33. The summed E-state index contributed by atoms with van der Waals surface area (Å²) in [4.78, 5) is 15.1. The molecule has 82 valence electrons. The van der Waals surface area contributed by atoms with Gasteiger partial charge in [-0.05, 0) is 37.0 Å². The van der Waals surface area contributed by atoms with Crippen molar-refractivity contribution in [2.24, 2.45) is 5.92 Å². The lowest BCUT2D eigenvalue weighted by molar-refractivity contribution is 0.0697. The Kier molecular flexibility index (Phi) is 1.96. The number of aromatic carboxylic acids is 1. The van der Waals surface area contributed by atoms with Crippen molar-refractivity contribution in [1.29, 1.82) is 0 Å². The molecule has 1 aliphatic carbocycles. The Morgan fingerprint density at radius 1 is 1.50 bits per heavy atom. The lowest BCUT2D eigenvalue weighted by Crippen LogP contribution is -1.94. The molecule has 1 N–H and O–H groups in total. The highest BCUT2D eigenvalue weighted by atomic mass is 16.4. The molecule has 0 aliphatic heterocycles. The molecule has 1 heterocycles. The van der Waals surface area contributed by atoms with E-state index < -0.39 is 5.97 Å². The number of nitrogens with zero attached hydrogens (tertiary/aromatic N) is 1. The first kappa shape index (κ1) is 9.39. The Hall–Kier alpha value is -1.84. The van der Waals surface area contributed by atoms with Crippen molar-refractivity contribution in [3.05, 3.63) is 29.7 Å². The van der Waals surface area contributed by atoms with Gasteiger partial charge in [0.2, 0.25) is 0 Å². The molecule has 0 atom stereocenters. The number of hydrogen-bond donors (Lipinski definition) is 1. The van der Waals surface area contributed by atoms with Gasteiger partial charge in [0.1, 0.15) is 5.52 Å². The minimum Gasteiger partial charge on any atom is -0.478 e. The van der Waals surface area contributed by atoms with Gasteiger partial charge in [-0.1, -0.05) is 0 Å². The summed E-state index contributed by atoms with van der Waals surface area (Å²) in [5, 5.41) is 8.84. The highest BCUT2D eigenvalue weighted by Gasteiger charge is 2.24. The first-order valence-corrected chi connectivity index (χ1v) is 5.35.